The Labute approximate surface area is 142 Å². The first-order valence-corrected chi connectivity index (χ1v) is 7.90. The number of para-hydroxylation sites is 1. The number of hydrogen-bond donors (Lipinski definition) is 0. The molecule has 0 radical (unpaired) electrons. The molecule has 4 nitrogen and oxygen atoms in total. The molecule has 4 heteroatoms. The summed E-state index contributed by atoms with van der Waals surface area (Å²) in [6.45, 7) is 1.67. The van der Waals surface area contributed by atoms with Crippen LogP contribution in [0.3, 0.4) is 0 Å². The molecule has 24 heavy (non-hydrogen) atoms. The summed E-state index contributed by atoms with van der Waals surface area (Å²) in [5.74, 6) is -0.323. The molecule has 0 spiro atoms. The number of ether oxygens (including phenoxy) is 1. The zero-order valence-corrected chi connectivity index (χ0v) is 13.9. The maximum atomic E-state index is 11.5. The van der Waals surface area contributed by atoms with Crippen LogP contribution in [0.2, 0.25) is 0 Å². The van der Waals surface area contributed by atoms with Gasteiger partial charge in [-0.15, -0.1) is 0 Å². The summed E-state index contributed by atoms with van der Waals surface area (Å²) in [4.78, 5) is 18.4. The van der Waals surface area contributed by atoms with Gasteiger partial charge in [0.2, 0.25) is 0 Å². The molecular weight excluding hydrogens is 300 g/mol. The van der Waals surface area contributed by atoms with E-state index in [0.717, 1.165) is 29.9 Å². The number of carbonyl (C=O) groups excluding carboxylic acids is 1. The van der Waals surface area contributed by atoms with E-state index in [1.54, 1.807) is 12.1 Å². The minimum absolute atomic E-state index is 0.323. The van der Waals surface area contributed by atoms with Gasteiger partial charge in [0, 0.05) is 24.8 Å². The predicted molar refractivity (Wildman–Crippen MR) is 97.9 cm³/mol. The number of allylic oxidation sites excluding steroid dienone is 1. The van der Waals surface area contributed by atoms with Crippen molar-refractivity contribution >= 4 is 23.4 Å². The number of likely N-dealkylation sites (N-methyl/N-ethyl adjacent to an activating group) is 1. The molecule has 2 aromatic rings. The van der Waals surface area contributed by atoms with Crippen LogP contribution >= 0.6 is 0 Å². The van der Waals surface area contributed by atoms with E-state index in [4.69, 9.17) is 9.73 Å². The van der Waals surface area contributed by atoms with E-state index < -0.39 is 0 Å². The van der Waals surface area contributed by atoms with Gasteiger partial charge in [-0.3, -0.25) is 4.99 Å². The van der Waals surface area contributed by atoms with Crippen LogP contribution in [0.5, 0.6) is 0 Å². The SMILES string of the molecule is COC(=O)c1ccc(C=CC2=NCCN(C)c3ccccc32)cc1. The van der Waals surface area contributed by atoms with Crippen molar-refractivity contribution in [2.75, 3.05) is 32.1 Å². The number of benzene rings is 2. The van der Waals surface area contributed by atoms with Crippen LogP contribution in [0.25, 0.3) is 6.08 Å². The molecule has 0 amide bonds. The van der Waals surface area contributed by atoms with E-state index in [9.17, 15) is 4.79 Å². The number of anilines is 1. The summed E-state index contributed by atoms with van der Waals surface area (Å²) in [7, 11) is 3.47. The molecule has 0 fully saturated rings. The quantitative estimate of drug-likeness (QED) is 0.814. The Bertz CT molecular complexity index is 792. The van der Waals surface area contributed by atoms with E-state index in [0.29, 0.717) is 5.56 Å². The second-order valence-electron chi connectivity index (χ2n) is 5.65. The largest absolute Gasteiger partial charge is 0.465 e. The summed E-state index contributed by atoms with van der Waals surface area (Å²) in [5.41, 5.74) is 4.88. The number of nitrogens with zero attached hydrogens (tertiary/aromatic N) is 2. The number of fused-ring (bicyclic) bond motifs is 1. The van der Waals surface area contributed by atoms with Gasteiger partial charge in [0.15, 0.2) is 0 Å². The van der Waals surface area contributed by atoms with Crippen LogP contribution in [0.1, 0.15) is 21.5 Å². The molecule has 0 unspecified atom stereocenters. The van der Waals surface area contributed by atoms with E-state index in [2.05, 4.69) is 24.1 Å². The molecule has 1 heterocycles. The van der Waals surface area contributed by atoms with Crippen LogP contribution in [0.4, 0.5) is 5.69 Å². The molecule has 122 valence electrons. The highest BCUT2D eigenvalue weighted by Gasteiger charge is 2.13. The van der Waals surface area contributed by atoms with Crippen molar-refractivity contribution < 1.29 is 9.53 Å². The topological polar surface area (TPSA) is 41.9 Å². The summed E-state index contributed by atoms with van der Waals surface area (Å²) in [6, 6.07) is 15.6. The molecule has 0 aliphatic carbocycles. The lowest BCUT2D eigenvalue weighted by molar-refractivity contribution is 0.0600. The van der Waals surface area contributed by atoms with Crippen molar-refractivity contribution in [2.24, 2.45) is 4.99 Å². The molecule has 0 atom stereocenters. The van der Waals surface area contributed by atoms with E-state index in [-0.39, 0.29) is 5.97 Å². The molecule has 0 saturated carbocycles. The van der Waals surface area contributed by atoms with Gasteiger partial charge in [-0.25, -0.2) is 4.79 Å². The Morgan fingerprint density at radius 2 is 1.88 bits per heavy atom. The molecule has 0 saturated heterocycles. The first-order valence-electron chi connectivity index (χ1n) is 7.90. The number of hydrogen-bond acceptors (Lipinski definition) is 4. The molecular formula is C20H20N2O2. The Kier molecular flexibility index (Phi) is 4.75. The highest BCUT2D eigenvalue weighted by Crippen LogP contribution is 2.23. The third kappa shape index (κ3) is 3.38. The fourth-order valence-electron chi connectivity index (χ4n) is 2.71. The minimum Gasteiger partial charge on any atom is -0.465 e. The van der Waals surface area contributed by atoms with Gasteiger partial charge < -0.3 is 9.64 Å². The van der Waals surface area contributed by atoms with Crippen LogP contribution in [-0.4, -0.2) is 38.9 Å². The average molecular weight is 320 g/mol. The first-order chi connectivity index (χ1) is 11.7. The van der Waals surface area contributed by atoms with E-state index in [1.165, 1.54) is 12.8 Å². The van der Waals surface area contributed by atoms with E-state index in [1.807, 2.05) is 36.4 Å². The Morgan fingerprint density at radius 1 is 1.12 bits per heavy atom. The molecule has 0 aromatic heterocycles. The molecule has 0 N–H and O–H groups in total. The first kappa shape index (κ1) is 16.0. The Morgan fingerprint density at radius 3 is 2.62 bits per heavy atom. The second kappa shape index (κ2) is 7.13. The number of carbonyl (C=O) groups is 1. The number of rotatable bonds is 3. The maximum absolute atomic E-state index is 11.5. The van der Waals surface area contributed by atoms with Gasteiger partial charge in [-0.05, 0) is 29.8 Å². The highest BCUT2D eigenvalue weighted by atomic mass is 16.5. The van der Waals surface area contributed by atoms with Crippen LogP contribution in [0, 0.1) is 0 Å². The summed E-state index contributed by atoms with van der Waals surface area (Å²) in [6.07, 6.45) is 4.05. The third-order valence-corrected chi connectivity index (χ3v) is 4.07. The van der Waals surface area contributed by atoms with Crippen LogP contribution in [-0.2, 0) is 4.74 Å². The Hall–Kier alpha value is -2.88. The minimum atomic E-state index is -0.323. The molecule has 0 bridgehead atoms. The summed E-state index contributed by atoms with van der Waals surface area (Å²) in [5, 5.41) is 0. The Balaban J connectivity index is 1.85. The third-order valence-electron chi connectivity index (χ3n) is 4.07. The van der Waals surface area contributed by atoms with Crippen molar-refractivity contribution in [1.29, 1.82) is 0 Å². The number of benzodiazepines with no additional fused rings is 1. The molecule has 3 rings (SSSR count). The van der Waals surface area contributed by atoms with Crippen molar-refractivity contribution in [2.45, 2.75) is 0 Å². The van der Waals surface area contributed by atoms with E-state index >= 15 is 0 Å². The molecule has 1 aliphatic rings. The number of aliphatic imine (C=N–C) groups is 1. The smallest absolute Gasteiger partial charge is 0.337 e. The predicted octanol–water partition coefficient (Wildman–Crippen LogP) is 3.43. The van der Waals surface area contributed by atoms with Gasteiger partial charge >= 0.3 is 5.97 Å². The van der Waals surface area contributed by atoms with Crippen LogP contribution in [0.15, 0.2) is 59.6 Å². The van der Waals surface area contributed by atoms with Gasteiger partial charge in [-0.2, -0.15) is 0 Å². The molecule has 1 aliphatic heterocycles. The lowest BCUT2D eigenvalue weighted by atomic mass is 10.1. The fraction of sp³-hybridized carbons (Fsp3) is 0.200. The summed E-state index contributed by atoms with van der Waals surface area (Å²) >= 11 is 0. The second-order valence-corrected chi connectivity index (χ2v) is 5.65. The zero-order chi connectivity index (χ0) is 16.9. The molecule has 2 aromatic carbocycles. The summed E-state index contributed by atoms with van der Waals surface area (Å²) < 4.78 is 4.71. The standard InChI is InChI=1S/C20H20N2O2/c1-22-14-13-21-18(17-5-3-4-6-19(17)22)12-9-15-7-10-16(11-8-15)20(23)24-2/h3-12H,13-14H2,1-2H3. The lowest BCUT2D eigenvalue weighted by Gasteiger charge is -2.18. The number of esters is 1. The van der Waals surface area contributed by atoms with Gasteiger partial charge in [0.25, 0.3) is 0 Å². The monoisotopic (exact) mass is 320 g/mol. The zero-order valence-electron chi connectivity index (χ0n) is 13.9. The highest BCUT2D eigenvalue weighted by molar-refractivity contribution is 6.14. The van der Waals surface area contributed by atoms with Crippen LogP contribution < -0.4 is 4.90 Å². The van der Waals surface area contributed by atoms with Gasteiger partial charge in [0.1, 0.15) is 0 Å². The van der Waals surface area contributed by atoms with Crippen molar-refractivity contribution in [3.63, 3.8) is 0 Å². The maximum Gasteiger partial charge on any atom is 0.337 e. The average Bonchev–Trinajstić information content (AvgIpc) is 2.79. The number of methoxy groups -OCH3 is 1. The van der Waals surface area contributed by atoms with Gasteiger partial charge in [-0.1, -0.05) is 36.4 Å². The van der Waals surface area contributed by atoms with Crippen molar-refractivity contribution in [3.05, 3.63) is 71.3 Å². The fourth-order valence-corrected chi connectivity index (χ4v) is 2.71. The van der Waals surface area contributed by atoms with Gasteiger partial charge in [0.05, 0.1) is 24.9 Å². The lowest BCUT2D eigenvalue weighted by Crippen LogP contribution is -2.20. The normalized spacial score (nSPS) is 14.1. The van der Waals surface area contributed by atoms with Crippen molar-refractivity contribution in [3.8, 4) is 0 Å². The van der Waals surface area contributed by atoms with Crippen molar-refractivity contribution in [1.82, 2.24) is 0 Å².